The lowest BCUT2D eigenvalue weighted by atomic mass is 9.93. The van der Waals surface area contributed by atoms with Gasteiger partial charge in [-0.05, 0) is 12.5 Å². The molecule has 10 heteroatoms. The van der Waals surface area contributed by atoms with Crippen LogP contribution in [0.25, 0.3) is 0 Å². The topological polar surface area (TPSA) is 99.4 Å². The number of hydrogen-bond donors (Lipinski definition) is 2. The highest BCUT2D eigenvalue weighted by molar-refractivity contribution is 5.73. The summed E-state index contributed by atoms with van der Waals surface area (Å²) in [5, 5.41) is 4.36. The van der Waals surface area contributed by atoms with Crippen LogP contribution in [0, 0.1) is 17.5 Å². The largest absolute Gasteiger partial charge is 0.370 e. The van der Waals surface area contributed by atoms with Gasteiger partial charge in [-0.2, -0.15) is 5.10 Å². The number of nitrogens with two attached hydrogens (primary N) is 2. The standard InChI is InChI=1S/C18H20F3N5O2/c19-12-3-14(21)13(20)2-11(12)18-15(22)1-10(8-28-18)25-4-9-5-26(7-17(23)27)24-16(9)6-25/h2-3,5,10,15,18H,1,4,6-8,22H2,(H2,23,27)/t10-,15+,18-/m1/s1. The van der Waals surface area contributed by atoms with Crippen molar-refractivity contribution in [2.45, 2.75) is 44.2 Å². The molecule has 1 aromatic heterocycles. The van der Waals surface area contributed by atoms with E-state index in [2.05, 4.69) is 10.00 Å². The Balaban J connectivity index is 1.41. The van der Waals surface area contributed by atoms with Crippen molar-refractivity contribution in [2.24, 2.45) is 11.5 Å². The van der Waals surface area contributed by atoms with E-state index in [9.17, 15) is 18.0 Å². The summed E-state index contributed by atoms with van der Waals surface area (Å²) >= 11 is 0. The van der Waals surface area contributed by atoms with Crippen LogP contribution in [0.2, 0.25) is 0 Å². The number of hydrogen-bond acceptors (Lipinski definition) is 5. The number of aromatic nitrogens is 2. The molecule has 2 aliphatic rings. The van der Waals surface area contributed by atoms with Gasteiger partial charge in [0.25, 0.3) is 0 Å². The fourth-order valence-electron chi connectivity index (χ4n) is 3.91. The van der Waals surface area contributed by atoms with E-state index >= 15 is 0 Å². The number of rotatable bonds is 4. The first-order valence-corrected chi connectivity index (χ1v) is 8.91. The zero-order valence-corrected chi connectivity index (χ0v) is 14.9. The number of ether oxygens (including phenoxy) is 1. The first kappa shape index (κ1) is 18.9. The van der Waals surface area contributed by atoms with Gasteiger partial charge in [0, 0.05) is 48.6 Å². The molecule has 0 bridgehead atoms. The molecule has 0 unspecified atom stereocenters. The Morgan fingerprint density at radius 2 is 1.96 bits per heavy atom. The van der Waals surface area contributed by atoms with E-state index in [-0.39, 0.29) is 24.8 Å². The summed E-state index contributed by atoms with van der Waals surface area (Å²) in [6.07, 6.45) is 1.47. The van der Waals surface area contributed by atoms with Gasteiger partial charge in [0.1, 0.15) is 18.5 Å². The van der Waals surface area contributed by atoms with Gasteiger partial charge < -0.3 is 16.2 Å². The molecule has 28 heavy (non-hydrogen) atoms. The monoisotopic (exact) mass is 395 g/mol. The second-order valence-electron chi connectivity index (χ2n) is 7.27. The second-order valence-corrected chi connectivity index (χ2v) is 7.27. The number of carbonyl (C=O) groups is 1. The SMILES string of the molecule is NC(=O)Cn1cc2c(n1)CN([C@H]1CO[C@H](c3cc(F)c(F)cc3F)[C@@H](N)C1)C2. The van der Waals surface area contributed by atoms with Gasteiger partial charge in [-0.1, -0.05) is 0 Å². The van der Waals surface area contributed by atoms with Crippen LogP contribution in [0.5, 0.6) is 0 Å². The van der Waals surface area contributed by atoms with Crippen molar-refractivity contribution < 1.29 is 22.7 Å². The summed E-state index contributed by atoms with van der Waals surface area (Å²) in [4.78, 5) is 13.1. The number of amides is 1. The third kappa shape index (κ3) is 3.50. The highest BCUT2D eigenvalue weighted by Gasteiger charge is 2.37. The molecule has 1 aromatic carbocycles. The van der Waals surface area contributed by atoms with Crippen LogP contribution in [0.1, 0.15) is 29.3 Å². The van der Waals surface area contributed by atoms with Gasteiger partial charge in [-0.3, -0.25) is 14.4 Å². The van der Waals surface area contributed by atoms with Crippen molar-refractivity contribution in [1.82, 2.24) is 14.7 Å². The normalized spacial score (nSPS) is 25.1. The Bertz CT molecular complexity index is 895. The number of halogens is 3. The molecule has 0 aliphatic carbocycles. The van der Waals surface area contributed by atoms with Crippen LogP contribution in [0.4, 0.5) is 13.2 Å². The molecule has 150 valence electrons. The zero-order valence-electron chi connectivity index (χ0n) is 14.9. The van der Waals surface area contributed by atoms with Crippen molar-refractivity contribution in [3.05, 3.63) is 52.6 Å². The predicted octanol–water partition coefficient (Wildman–Crippen LogP) is 0.959. The molecule has 1 amide bonds. The molecular formula is C18H20F3N5O2. The van der Waals surface area contributed by atoms with Crippen molar-refractivity contribution in [2.75, 3.05) is 6.61 Å². The second kappa shape index (κ2) is 7.19. The van der Waals surface area contributed by atoms with E-state index in [4.69, 9.17) is 16.2 Å². The van der Waals surface area contributed by atoms with Crippen molar-refractivity contribution in [3.8, 4) is 0 Å². The van der Waals surface area contributed by atoms with E-state index in [1.54, 1.807) is 6.20 Å². The van der Waals surface area contributed by atoms with E-state index < -0.39 is 35.5 Å². The van der Waals surface area contributed by atoms with E-state index in [0.717, 1.165) is 17.3 Å². The van der Waals surface area contributed by atoms with Crippen molar-refractivity contribution >= 4 is 5.91 Å². The van der Waals surface area contributed by atoms with Gasteiger partial charge >= 0.3 is 0 Å². The Morgan fingerprint density at radius 1 is 1.21 bits per heavy atom. The molecule has 0 spiro atoms. The maximum Gasteiger partial charge on any atom is 0.239 e. The lowest BCUT2D eigenvalue weighted by Crippen LogP contribution is -2.47. The van der Waals surface area contributed by atoms with Crippen LogP contribution >= 0.6 is 0 Å². The van der Waals surface area contributed by atoms with Crippen LogP contribution in [-0.4, -0.2) is 39.3 Å². The maximum absolute atomic E-state index is 14.1. The first-order chi connectivity index (χ1) is 13.3. The Labute approximate surface area is 159 Å². The molecule has 4 N–H and O–H groups in total. The van der Waals surface area contributed by atoms with E-state index in [1.807, 2.05) is 0 Å². The predicted molar refractivity (Wildman–Crippen MR) is 92.1 cm³/mol. The quantitative estimate of drug-likeness (QED) is 0.752. The number of carbonyl (C=O) groups excluding carboxylic acids is 1. The summed E-state index contributed by atoms with van der Waals surface area (Å²) in [6.45, 7) is 1.51. The summed E-state index contributed by atoms with van der Waals surface area (Å²) in [5.74, 6) is -3.71. The summed E-state index contributed by atoms with van der Waals surface area (Å²) in [6, 6.07) is 0.735. The molecule has 2 aliphatic heterocycles. The molecule has 3 atom stereocenters. The third-order valence-electron chi connectivity index (χ3n) is 5.23. The molecule has 2 aromatic rings. The molecule has 1 saturated heterocycles. The Kier molecular flexibility index (Phi) is 4.86. The van der Waals surface area contributed by atoms with Crippen molar-refractivity contribution in [3.63, 3.8) is 0 Å². The maximum atomic E-state index is 14.1. The van der Waals surface area contributed by atoms with Crippen molar-refractivity contribution in [1.29, 1.82) is 0 Å². The Morgan fingerprint density at radius 3 is 2.64 bits per heavy atom. The lowest BCUT2D eigenvalue weighted by Gasteiger charge is -2.38. The summed E-state index contributed by atoms with van der Waals surface area (Å²) in [7, 11) is 0. The highest BCUT2D eigenvalue weighted by Crippen LogP contribution is 2.34. The summed E-state index contributed by atoms with van der Waals surface area (Å²) < 4.78 is 48.0. The molecular weight excluding hydrogens is 375 g/mol. The van der Waals surface area contributed by atoms with Gasteiger partial charge in [0.05, 0.1) is 12.3 Å². The fourth-order valence-corrected chi connectivity index (χ4v) is 3.91. The fraction of sp³-hybridized carbons (Fsp3) is 0.444. The average Bonchev–Trinajstić information content (AvgIpc) is 3.16. The molecule has 7 nitrogen and oxygen atoms in total. The molecule has 0 radical (unpaired) electrons. The summed E-state index contributed by atoms with van der Waals surface area (Å²) in [5.41, 5.74) is 13.2. The number of benzene rings is 1. The smallest absolute Gasteiger partial charge is 0.239 e. The third-order valence-corrected chi connectivity index (χ3v) is 5.23. The number of nitrogens with zero attached hydrogens (tertiary/aromatic N) is 3. The number of fused-ring (bicyclic) bond motifs is 1. The van der Waals surface area contributed by atoms with Crippen LogP contribution in [0.3, 0.4) is 0 Å². The van der Waals surface area contributed by atoms with Crippen LogP contribution in [-0.2, 0) is 29.2 Å². The zero-order chi connectivity index (χ0) is 20.0. The Hall–Kier alpha value is -2.43. The van der Waals surface area contributed by atoms with Gasteiger partial charge in [-0.15, -0.1) is 0 Å². The van der Waals surface area contributed by atoms with Gasteiger partial charge in [-0.25, -0.2) is 13.2 Å². The molecule has 3 heterocycles. The molecule has 1 fully saturated rings. The average molecular weight is 395 g/mol. The lowest BCUT2D eigenvalue weighted by molar-refractivity contribution is -0.118. The van der Waals surface area contributed by atoms with Gasteiger partial charge in [0.2, 0.25) is 5.91 Å². The van der Waals surface area contributed by atoms with Gasteiger partial charge in [0.15, 0.2) is 11.6 Å². The van der Waals surface area contributed by atoms with E-state index in [1.165, 1.54) is 4.68 Å². The minimum atomic E-state index is -1.24. The van der Waals surface area contributed by atoms with Crippen LogP contribution in [0.15, 0.2) is 18.3 Å². The van der Waals surface area contributed by atoms with Crippen LogP contribution < -0.4 is 11.5 Å². The molecule has 0 saturated carbocycles. The number of primary amides is 1. The highest BCUT2D eigenvalue weighted by atomic mass is 19.2. The van der Waals surface area contributed by atoms with E-state index in [0.29, 0.717) is 25.6 Å². The first-order valence-electron chi connectivity index (χ1n) is 8.91. The molecule has 4 rings (SSSR count). The minimum Gasteiger partial charge on any atom is -0.370 e. The minimum absolute atomic E-state index is 0.0154.